The van der Waals surface area contributed by atoms with Crippen molar-refractivity contribution in [2.75, 3.05) is 27.3 Å². The van der Waals surface area contributed by atoms with E-state index in [1.807, 2.05) is 0 Å². The maximum atomic E-state index is 12.9. The molecule has 1 saturated carbocycles. The van der Waals surface area contributed by atoms with Gasteiger partial charge < -0.3 is 24.2 Å². The number of methoxy groups -OCH3 is 2. The Morgan fingerprint density at radius 1 is 1.03 bits per heavy atom. The van der Waals surface area contributed by atoms with Crippen molar-refractivity contribution >= 4 is 11.9 Å². The molecule has 1 N–H and O–H groups in total. The minimum absolute atomic E-state index is 0.142. The molecular weight excluding hydrogens is 400 g/mol. The van der Waals surface area contributed by atoms with Crippen LogP contribution in [0.4, 0.5) is 0 Å². The van der Waals surface area contributed by atoms with Gasteiger partial charge in [0.1, 0.15) is 23.1 Å². The summed E-state index contributed by atoms with van der Waals surface area (Å²) in [4.78, 5) is 31.0. The molecule has 1 saturated heterocycles. The first kappa shape index (κ1) is 21.1. The van der Waals surface area contributed by atoms with Gasteiger partial charge in [-0.2, -0.15) is 0 Å². The zero-order valence-corrected chi connectivity index (χ0v) is 17.6. The molecule has 4 rings (SSSR count). The molecule has 1 aromatic carbocycles. The average Bonchev–Trinajstić information content (AvgIpc) is 3.21. The summed E-state index contributed by atoms with van der Waals surface area (Å²) >= 11 is 0. The van der Waals surface area contributed by atoms with E-state index < -0.39 is 18.2 Å². The summed E-state index contributed by atoms with van der Waals surface area (Å²) in [5, 5.41) is 10.7. The molecule has 2 aliphatic rings. The predicted octanol–water partition coefficient (Wildman–Crippen LogP) is 2.17. The van der Waals surface area contributed by atoms with Crippen LogP contribution in [0.2, 0.25) is 0 Å². The number of aliphatic hydroxyl groups excluding tert-OH is 1. The number of ether oxygens (including phenoxy) is 3. The number of aliphatic hydroxyl groups is 1. The second-order valence-electron chi connectivity index (χ2n) is 7.98. The number of likely N-dealkylation sites (tertiary alicyclic amines) is 1. The molecule has 2 aromatic rings. The van der Waals surface area contributed by atoms with Crippen molar-refractivity contribution in [1.29, 1.82) is 0 Å². The van der Waals surface area contributed by atoms with E-state index in [1.165, 1.54) is 14.2 Å². The fourth-order valence-corrected chi connectivity index (χ4v) is 4.50. The van der Waals surface area contributed by atoms with Crippen LogP contribution in [0.1, 0.15) is 33.7 Å². The topological polar surface area (TPSA) is 98.2 Å². The van der Waals surface area contributed by atoms with Crippen molar-refractivity contribution in [3.63, 3.8) is 0 Å². The number of fused-ring (bicyclic) bond motifs is 1. The van der Waals surface area contributed by atoms with Crippen LogP contribution in [-0.4, -0.2) is 66.4 Å². The lowest BCUT2D eigenvalue weighted by atomic mass is 9.78. The van der Waals surface area contributed by atoms with Crippen molar-refractivity contribution in [2.45, 2.75) is 25.0 Å². The van der Waals surface area contributed by atoms with Crippen molar-refractivity contribution in [3.05, 3.63) is 53.7 Å². The van der Waals surface area contributed by atoms with Crippen LogP contribution >= 0.6 is 0 Å². The van der Waals surface area contributed by atoms with Gasteiger partial charge in [0.05, 0.1) is 20.3 Å². The van der Waals surface area contributed by atoms with E-state index in [1.54, 1.807) is 47.4 Å². The number of rotatable bonds is 5. The first-order chi connectivity index (χ1) is 15.0. The standard InChI is InChI=1S/C23H26N2O6/c1-29-21-9-5-7-17(24-21)22(27)25-12-14-10-18(26)20(11-15(14)13-25)31-19-8-4-3-6-16(19)23(28)30-2/h3-9,14-15,18,20,26H,10-13H2,1-2H3/t14-,15+,18+,20+/m0/s1. The number of carbonyl (C=O) groups excluding carboxylic acids is 2. The van der Waals surface area contributed by atoms with Crippen molar-refractivity contribution in [3.8, 4) is 11.6 Å². The number of aromatic nitrogens is 1. The summed E-state index contributed by atoms with van der Waals surface area (Å²) in [6.07, 6.45) is -0.0178. The van der Waals surface area contributed by atoms with Gasteiger partial charge in [-0.3, -0.25) is 4.79 Å². The minimum Gasteiger partial charge on any atom is -0.487 e. The van der Waals surface area contributed by atoms with Gasteiger partial charge in [-0.05, 0) is 42.9 Å². The SMILES string of the molecule is COC(=O)c1ccccc1O[C@@H]1C[C@@H]2CN(C(=O)c3cccc(OC)n3)C[C@@H]2C[C@H]1O. The molecule has 31 heavy (non-hydrogen) atoms. The highest BCUT2D eigenvalue weighted by molar-refractivity contribution is 5.93. The highest BCUT2D eigenvalue weighted by Gasteiger charge is 2.44. The van der Waals surface area contributed by atoms with Gasteiger partial charge in [-0.15, -0.1) is 0 Å². The Bertz CT molecular complexity index is 965. The Labute approximate surface area is 180 Å². The number of hydrogen-bond donors (Lipinski definition) is 1. The first-order valence-electron chi connectivity index (χ1n) is 10.3. The fraction of sp³-hybridized carbons (Fsp3) is 0.435. The largest absolute Gasteiger partial charge is 0.487 e. The molecule has 8 heteroatoms. The Kier molecular flexibility index (Phi) is 6.08. The average molecular weight is 426 g/mol. The smallest absolute Gasteiger partial charge is 0.341 e. The normalized spacial score (nSPS) is 24.9. The molecule has 1 amide bonds. The lowest BCUT2D eigenvalue weighted by Crippen LogP contribution is -2.42. The van der Waals surface area contributed by atoms with E-state index in [9.17, 15) is 14.7 Å². The zero-order chi connectivity index (χ0) is 22.0. The number of para-hydroxylation sites is 1. The number of benzene rings is 1. The van der Waals surface area contributed by atoms with E-state index in [-0.39, 0.29) is 17.7 Å². The molecule has 8 nitrogen and oxygen atoms in total. The Balaban J connectivity index is 1.45. The van der Waals surface area contributed by atoms with Gasteiger partial charge in [-0.25, -0.2) is 9.78 Å². The van der Waals surface area contributed by atoms with Crippen LogP contribution in [0.15, 0.2) is 42.5 Å². The van der Waals surface area contributed by atoms with Gasteiger partial charge >= 0.3 is 5.97 Å². The first-order valence-corrected chi connectivity index (χ1v) is 10.3. The van der Waals surface area contributed by atoms with Crippen LogP contribution in [0, 0.1) is 11.8 Å². The summed E-state index contributed by atoms with van der Waals surface area (Å²) in [6.45, 7) is 1.15. The maximum absolute atomic E-state index is 12.9. The summed E-state index contributed by atoms with van der Waals surface area (Å²) < 4.78 is 16.0. The van der Waals surface area contributed by atoms with Crippen LogP contribution in [0.5, 0.6) is 11.6 Å². The second-order valence-corrected chi connectivity index (χ2v) is 7.98. The van der Waals surface area contributed by atoms with Gasteiger partial charge in [0.25, 0.3) is 5.91 Å². The molecule has 2 heterocycles. The molecule has 1 aliphatic carbocycles. The van der Waals surface area contributed by atoms with E-state index in [0.717, 1.165) is 0 Å². The molecular formula is C23H26N2O6. The van der Waals surface area contributed by atoms with Gasteiger partial charge in [-0.1, -0.05) is 18.2 Å². The number of nitrogens with zero attached hydrogens (tertiary/aromatic N) is 2. The number of esters is 1. The lowest BCUT2D eigenvalue weighted by molar-refractivity contribution is -0.0237. The lowest BCUT2D eigenvalue weighted by Gasteiger charge is -2.35. The van der Waals surface area contributed by atoms with Crippen molar-refractivity contribution < 1.29 is 28.9 Å². The highest BCUT2D eigenvalue weighted by Crippen LogP contribution is 2.39. The predicted molar refractivity (Wildman–Crippen MR) is 111 cm³/mol. The molecule has 2 fully saturated rings. The van der Waals surface area contributed by atoms with Crippen molar-refractivity contribution in [1.82, 2.24) is 9.88 Å². The Hall–Kier alpha value is -3.13. The fourth-order valence-electron chi connectivity index (χ4n) is 4.50. The van der Waals surface area contributed by atoms with Crippen LogP contribution in [0.25, 0.3) is 0 Å². The third-order valence-electron chi connectivity index (χ3n) is 6.09. The van der Waals surface area contributed by atoms with Crippen LogP contribution in [0.3, 0.4) is 0 Å². The molecule has 4 atom stereocenters. The second kappa shape index (κ2) is 8.93. The molecule has 164 valence electrons. The van der Waals surface area contributed by atoms with E-state index in [2.05, 4.69) is 4.98 Å². The van der Waals surface area contributed by atoms with Gasteiger partial charge in [0.15, 0.2) is 0 Å². The molecule has 0 bridgehead atoms. The zero-order valence-electron chi connectivity index (χ0n) is 17.6. The summed E-state index contributed by atoms with van der Waals surface area (Å²) in [5.41, 5.74) is 0.671. The van der Waals surface area contributed by atoms with E-state index in [0.29, 0.717) is 48.8 Å². The third-order valence-corrected chi connectivity index (χ3v) is 6.09. The summed E-state index contributed by atoms with van der Waals surface area (Å²) in [5.74, 6) is 0.561. The molecule has 0 unspecified atom stereocenters. The number of hydrogen-bond acceptors (Lipinski definition) is 7. The summed E-state index contributed by atoms with van der Waals surface area (Å²) in [6, 6.07) is 12.0. The highest BCUT2D eigenvalue weighted by atomic mass is 16.5. The quantitative estimate of drug-likeness (QED) is 0.732. The molecule has 0 radical (unpaired) electrons. The van der Waals surface area contributed by atoms with E-state index in [4.69, 9.17) is 14.2 Å². The number of carbonyl (C=O) groups is 2. The van der Waals surface area contributed by atoms with Crippen molar-refractivity contribution in [2.24, 2.45) is 11.8 Å². The van der Waals surface area contributed by atoms with Gasteiger partial charge in [0, 0.05) is 19.2 Å². The van der Waals surface area contributed by atoms with Gasteiger partial charge in [0.2, 0.25) is 5.88 Å². The molecule has 0 spiro atoms. The van der Waals surface area contributed by atoms with E-state index >= 15 is 0 Å². The monoisotopic (exact) mass is 426 g/mol. The number of amides is 1. The molecule has 1 aliphatic heterocycles. The number of pyridine rings is 1. The maximum Gasteiger partial charge on any atom is 0.341 e. The Morgan fingerprint density at radius 2 is 1.77 bits per heavy atom. The summed E-state index contributed by atoms with van der Waals surface area (Å²) in [7, 11) is 2.83. The Morgan fingerprint density at radius 3 is 2.52 bits per heavy atom. The third kappa shape index (κ3) is 4.34. The van der Waals surface area contributed by atoms with Crippen LogP contribution < -0.4 is 9.47 Å². The molecule has 1 aromatic heterocycles. The minimum atomic E-state index is -0.683. The van der Waals surface area contributed by atoms with Crippen LogP contribution in [-0.2, 0) is 4.74 Å².